The minimum Gasteiger partial charge on any atom is -0.394 e. The zero-order chi connectivity index (χ0) is 17.6. The van der Waals surface area contributed by atoms with E-state index in [0.717, 1.165) is 5.56 Å². The van der Waals surface area contributed by atoms with Gasteiger partial charge in [-0.1, -0.05) is 30.3 Å². The molecule has 0 bridgehead atoms. The van der Waals surface area contributed by atoms with Crippen LogP contribution in [-0.4, -0.2) is 43.9 Å². The van der Waals surface area contributed by atoms with Crippen LogP contribution in [0.2, 0.25) is 0 Å². The molecule has 0 fully saturated rings. The molecule has 0 saturated carbocycles. The molecule has 0 radical (unpaired) electrons. The molecule has 3 rings (SSSR count). The number of aromatic nitrogens is 4. The number of hydrogen-bond acceptors (Lipinski definition) is 7. The zero-order valence-electron chi connectivity index (χ0n) is 13.5. The van der Waals surface area contributed by atoms with E-state index in [2.05, 4.69) is 15.0 Å². The van der Waals surface area contributed by atoms with E-state index < -0.39 is 11.7 Å². The Hall–Kier alpha value is -2.75. The van der Waals surface area contributed by atoms with Crippen molar-refractivity contribution < 1.29 is 14.6 Å². The highest BCUT2D eigenvalue weighted by Crippen LogP contribution is 2.08. The predicted octanol–water partition coefficient (Wildman–Crippen LogP) is 0.254. The molecule has 0 amide bonds. The monoisotopic (exact) mass is 345 g/mol. The SMILES string of the molecule is Nc1nc2c(ncn2COC(CO)COCc2ccccc2)c(=O)[nH]1. The summed E-state index contributed by atoms with van der Waals surface area (Å²) in [5.74, 6) is 0.00385. The van der Waals surface area contributed by atoms with Crippen LogP contribution in [0.4, 0.5) is 5.95 Å². The second-order valence-electron chi connectivity index (χ2n) is 5.44. The van der Waals surface area contributed by atoms with Crippen LogP contribution in [0.1, 0.15) is 5.56 Å². The molecule has 0 saturated heterocycles. The molecule has 3 aromatic rings. The summed E-state index contributed by atoms with van der Waals surface area (Å²) in [4.78, 5) is 22.2. The number of H-pyrrole nitrogens is 1. The maximum atomic E-state index is 11.7. The molecule has 25 heavy (non-hydrogen) atoms. The molecule has 132 valence electrons. The summed E-state index contributed by atoms with van der Waals surface area (Å²) in [6, 6.07) is 9.72. The molecule has 2 heterocycles. The summed E-state index contributed by atoms with van der Waals surface area (Å²) in [5.41, 5.74) is 6.68. The number of fused-ring (bicyclic) bond motifs is 1. The molecule has 1 aromatic carbocycles. The van der Waals surface area contributed by atoms with Crippen molar-refractivity contribution in [3.63, 3.8) is 0 Å². The van der Waals surface area contributed by atoms with Crippen molar-refractivity contribution in [2.45, 2.75) is 19.4 Å². The van der Waals surface area contributed by atoms with Crippen molar-refractivity contribution in [1.82, 2.24) is 19.5 Å². The Kier molecular flexibility index (Phi) is 5.39. The van der Waals surface area contributed by atoms with Crippen molar-refractivity contribution in [1.29, 1.82) is 0 Å². The van der Waals surface area contributed by atoms with Crippen molar-refractivity contribution in [3.05, 3.63) is 52.6 Å². The summed E-state index contributed by atoms with van der Waals surface area (Å²) in [7, 11) is 0. The average Bonchev–Trinajstić information content (AvgIpc) is 3.02. The number of ether oxygens (including phenoxy) is 2. The second kappa shape index (κ2) is 7.88. The van der Waals surface area contributed by atoms with E-state index in [1.54, 1.807) is 4.57 Å². The summed E-state index contributed by atoms with van der Waals surface area (Å²) < 4.78 is 12.7. The Morgan fingerprint density at radius 2 is 2.12 bits per heavy atom. The van der Waals surface area contributed by atoms with Crippen LogP contribution in [0.5, 0.6) is 0 Å². The molecule has 9 heteroatoms. The second-order valence-corrected chi connectivity index (χ2v) is 5.44. The quantitative estimate of drug-likeness (QED) is 0.534. The number of aromatic amines is 1. The van der Waals surface area contributed by atoms with Gasteiger partial charge in [-0.2, -0.15) is 4.98 Å². The average molecular weight is 345 g/mol. The van der Waals surface area contributed by atoms with Crippen molar-refractivity contribution >= 4 is 17.1 Å². The van der Waals surface area contributed by atoms with Crippen LogP contribution in [0.25, 0.3) is 11.2 Å². The maximum Gasteiger partial charge on any atom is 0.280 e. The van der Waals surface area contributed by atoms with Gasteiger partial charge in [-0.25, -0.2) is 4.98 Å². The highest BCUT2D eigenvalue weighted by molar-refractivity contribution is 5.70. The van der Waals surface area contributed by atoms with Gasteiger partial charge in [0, 0.05) is 0 Å². The third kappa shape index (κ3) is 4.21. The van der Waals surface area contributed by atoms with E-state index in [0.29, 0.717) is 12.3 Å². The summed E-state index contributed by atoms with van der Waals surface area (Å²) >= 11 is 0. The fourth-order valence-corrected chi connectivity index (χ4v) is 2.29. The van der Waals surface area contributed by atoms with Gasteiger partial charge in [-0.15, -0.1) is 0 Å². The number of nitrogen functional groups attached to an aromatic ring is 1. The normalized spacial score (nSPS) is 12.5. The molecule has 0 spiro atoms. The Morgan fingerprint density at radius 3 is 2.88 bits per heavy atom. The molecule has 0 aliphatic carbocycles. The third-order valence-corrected chi connectivity index (χ3v) is 3.56. The number of aliphatic hydroxyl groups is 1. The molecular formula is C16H19N5O4. The van der Waals surface area contributed by atoms with Crippen LogP contribution in [0.15, 0.2) is 41.5 Å². The van der Waals surface area contributed by atoms with Crippen LogP contribution in [0, 0.1) is 0 Å². The minimum atomic E-state index is -0.513. The summed E-state index contributed by atoms with van der Waals surface area (Å²) in [5, 5.41) is 9.43. The smallest absolute Gasteiger partial charge is 0.280 e. The largest absolute Gasteiger partial charge is 0.394 e. The van der Waals surface area contributed by atoms with Crippen molar-refractivity contribution in [3.8, 4) is 0 Å². The zero-order valence-corrected chi connectivity index (χ0v) is 13.5. The highest BCUT2D eigenvalue weighted by Gasteiger charge is 2.12. The molecular weight excluding hydrogens is 326 g/mol. The lowest BCUT2D eigenvalue weighted by Crippen LogP contribution is -2.25. The molecule has 0 aliphatic rings. The lowest BCUT2D eigenvalue weighted by molar-refractivity contribution is -0.0697. The maximum absolute atomic E-state index is 11.7. The first-order chi connectivity index (χ1) is 12.2. The Bertz CT molecular complexity index is 877. The number of nitrogens with one attached hydrogen (secondary N) is 1. The predicted molar refractivity (Wildman–Crippen MR) is 90.6 cm³/mol. The van der Waals surface area contributed by atoms with Gasteiger partial charge < -0.3 is 20.3 Å². The Morgan fingerprint density at radius 1 is 1.32 bits per heavy atom. The number of nitrogens with zero attached hydrogens (tertiary/aromatic N) is 3. The lowest BCUT2D eigenvalue weighted by atomic mass is 10.2. The number of hydrogen-bond donors (Lipinski definition) is 3. The summed E-state index contributed by atoms with van der Waals surface area (Å²) in [6.45, 7) is 0.528. The molecule has 1 unspecified atom stereocenters. The Labute approximate surface area is 143 Å². The fraction of sp³-hybridized carbons (Fsp3) is 0.312. The van der Waals surface area contributed by atoms with Crippen LogP contribution in [-0.2, 0) is 22.8 Å². The van der Waals surface area contributed by atoms with Crippen LogP contribution >= 0.6 is 0 Å². The number of rotatable bonds is 8. The van der Waals surface area contributed by atoms with E-state index >= 15 is 0 Å². The van der Waals surface area contributed by atoms with Gasteiger partial charge >= 0.3 is 0 Å². The molecule has 1 atom stereocenters. The molecule has 0 aliphatic heterocycles. The van der Waals surface area contributed by atoms with Crippen LogP contribution in [0.3, 0.4) is 0 Å². The Balaban J connectivity index is 1.57. The van der Waals surface area contributed by atoms with Gasteiger partial charge in [-0.05, 0) is 5.56 Å². The first-order valence-electron chi connectivity index (χ1n) is 7.72. The number of benzene rings is 1. The van der Waals surface area contributed by atoms with Gasteiger partial charge in [0.1, 0.15) is 12.8 Å². The molecule has 4 N–H and O–H groups in total. The number of nitrogens with two attached hydrogens (primary N) is 1. The van der Waals surface area contributed by atoms with Crippen molar-refractivity contribution in [2.75, 3.05) is 18.9 Å². The van der Waals surface area contributed by atoms with E-state index in [9.17, 15) is 9.90 Å². The highest BCUT2D eigenvalue weighted by atomic mass is 16.5. The first kappa shape index (κ1) is 17.1. The van der Waals surface area contributed by atoms with E-state index in [1.807, 2.05) is 30.3 Å². The van der Waals surface area contributed by atoms with E-state index in [4.69, 9.17) is 15.2 Å². The third-order valence-electron chi connectivity index (χ3n) is 3.56. The number of anilines is 1. The lowest BCUT2D eigenvalue weighted by Gasteiger charge is -2.16. The fourth-order valence-electron chi connectivity index (χ4n) is 2.29. The van der Waals surface area contributed by atoms with Gasteiger partial charge in [0.05, 0.1) is 26.1 Å². The van der Waals surface area contributed by atoms with Crippen molar-refractivity contribution in [2.24, 2.45) is 0 Å². The molecule has 9 nitrogen and oxygen atoms in total. The number of imidazole rings is 1. The number of aliphatic hydroxyl groups excluding tert-OH is 1. The topological polar surface area (TPSA) is 128 Å². The van der Waals surface area contributed by atoms with Crippen LogP contribution < -0.4 is 11.3 Å². The standard InChI is InChI=1S/C16H19N5O4/c17-16-19-14-13(15(23)20-16)18-9-21(14)10-25-12(6-22)8-24-7-11-4-2-1-3-5-11/h1-5,9,12,22H,6-8,10H2,(H3,17,19,20,23). The van der Waals surface area contributed by atoms with Gasteiger partial charge in [0.25, 0.3) is 5.56 Å². The minimum absolute atomic E-state index is 0.00385. The van der Waals surface area contributed by atoms with E-state index in [1.165, 1.54) is 6.33 Å². The van der Waals surface area contributed by atoms with Gasteiger partial charge in [0.2, 0.25) is 5.95 Å². The van der Waals surface area contributed by atoms with Gasteiger partial charge in [-0.3, -0.25) is 14.3 Å². The summed E-state index contributed by atoms with van der Waals surface area (Å²) in [6.07, 6.45) is 0.923. The molecule has 2 aromatic heterocycles. The first-order valence-corrected chi connectivity index (χ1v) is 7.72. The van der Waals surface area contributed by atoms with Gasteiger partial charge in [0.15, 0.2) is 11.2 Å². The van der Waals surface area contributed by atoms with E-state index in [-0.39, 0.29) is 31.4 Å².